The lowest BCUT2D eigenvalue weighted by molar-refractivity contribution is -0.116. The monoisotopic (exact) mass is 310 g/mol. The van der Waals surface area contributed by atoms with Gasteiger partial charge in [-0.25, -0.2) is 0 Å². The SMILES string of the molecule is CCc1cccc(N[C@@H](C)C(=O)Nc2ccc(C(C)=O)cc2)c1. The molecule has 0 saturated carbocycles. The van der Waals surface area contributed by atoms with Crippen LogP contribution in [-0.4, -0.2) is 17.7 Å². The summed E-state index contributed by atoms with van der Waals surface area (Å²) in [6.07, 6.45) is 0.957. The highest BCUT2D eigenvalue weighted by molar-refractivity contribution is 5.97. The third kappa shape index (κ3) is 4.68. The molecule has 1 amide bonds. The molecule has 0 aliphatic rings. The molecule has 0 heterocycles. The van der Waals surface area contributed by atoms with E-state index in [0.29, 0.717) is 11.3 Å². The van der Waals surface area contributed by atoms with Crippen LogP contribution in [0.1, 0.15) is 36.7 Å². The second-order valence-corrected chi connectivity index (χ2v) is 5.54. The zero-order valence-corrected chi connectivity index (χ0v) is 13.7. The van der Waals surface area contributed by atoms with Crippen molar-refractivity contribution < 1.29 is 9.59 Å². The summed E-state index contributed by atoms with van der Waals surface area (Å²) in [6.45, 7) is 5.43. The van der Waals surface area contributed by atoms with E-state index in [9.17, 15) is 9.59 Å². The van der Waals surface area contributed by atoms with Crippen LogP contribution in [0.5, 0.6) is 0 Å². The maximum Gasteiger partial charge on any atom is 0.246 e. The predicted octanol–water partition coefficient (Wildman–Crippen LogP) is 3.89. The van der Waals surface area contributed by atoms with Crippen molar-refractivity contribution in [2.45, 2.75) is 33.2 Å². The van der Waals surface area contributed by atoms with Gasteiger partial charge in [0.2, 0.25) is 5.91 Å². The van der Waals surface area contributed by atoms with Gasteiger partial charge in [0.25, 0.3) is 0 Å². The van der Waals surface area contributed by atoms with E-state index in [-0.39, 0.29) is 17.7 Å². The Morgan fingerprint density at radius 1 is 1.04 bits per heavy atom. The number of hydrogen-bond acceptors (Lipinski definition) is 3. The molecule has 2 rings (SSSR count). The third-order valence-corrected chi connectivity index (χ3v) is 3.67. The minimum Gasteiger partial charge on any atom is -0.374 e. The number of amides is 1. The van der Waals surface area contributed by atoms with Crippen LogP contribution >= 0.6 is 0 Å². The lowest BCUT2D eigenvalue weighted by Crippen LogP contribution is -2.31. The average molecular weight is 310 g/mol. The molecule has 0 aliphatic carbocycles. The largest absolute Gasteiger partial charge is 0.374 e. The Balaban J connectivity index is 1.97. The van der Waals surface area contributed by atoms with Crippen molar-refractivity contribution in [3.8, 4) is 0 Å². The van der Waals surface area contributed by atoms with Gasteiger partial charge in [-0.2, -0.15) is 0 Å². The van der Waals surface area contributed by atoms with Crippen molar-refractivity contribution in [2.24, 2.45) is 0 Å². The lowest BCUT2D eigenvalue weighted by Gasteiger charge is -2.16. The number of rotatable bonds is 6. The van der Waals surface area contributed by atoms with E-state index < -0.39 is 0 Å². The van der Waals surface area contributed by atoms with Gasteiger partial charge < -0.3 is 10.6 Å². The molecule has 0 radical (unpaired) electrons. The highest BCUT2D eigenvalue weighted by atomic mass is 16.2. The maximum absolute atomic E-state index is 12.2. The quantitative estimate of drug-likeness (QED) is 0.796. The number of carbonyl (C=O) groups is 2. The van der Waals surface area contributed by atoms with Crippen molar-refractivity contribution in [1.82, 2.24) is 0 Å². The van der Waals surface area contributed by atoms with Gasteiger partial charge in [-0.1, -0.05) is 19.1 Å². The molecule has 2 N–H and O–H groups in total. The second-order valence-electron chi connectivity index (χ2n) is 5.54. The van der Waals surface area contributed by atoms with Gasteiger partial charge in [0.1, 0.15) is 6.04 Å². The first kappa shape index (κ1) is 16.7. The zero-order chi connectivity index (χ0) is 16.8. The van der Waals surface area contributed by atoms with Crippen LogP contribution in [0.2, 0.25) is 0 Å². The van der Waals surface area contributed by atoms with Gasteiger partial charge in [0.05, 0.1) is 0 Å². The van der Waals surface area contributed by atoms with E-state index in [4.69, 9.17) is 0 Å². The maximum atomic E-state index is 12.2. The van der Waals surface area contributed by atoms with E-state index in [0.717, 1.165) is 12.1 Å². The minimum absolute atomic E-state index is 0.00807. The molecule has 0 spiro atoms. The minimum atomic E-state index is -0.366. The zero-order valence-electron chi connectivity index (χ0n) is 13.7. The van der Waals surface area contributed by atoms with Gasteiger partial charge in [-0.05, 0) is 62.2 Å². The molecule has 23 heavy (non-hydrogen) atoms. The van der Waals surface area contributed by atoms with E-state index >= 15 is 0 Å². The van der Waals surface area contributed by atoms with Crippen LogP contribution in [0.3, 0.4) is 0 Å². The molecule has 0 unspecified atom stereocenters. The van der Waals surface area contributed by atoms with E-state index in [1.165, 1.54) is 12.5 Å². The van der Waals surface area contributed by atoms with Crippen LogP contribution in [0.4, 0.5) is 11.4 Å². The summed E-state index contributed by atoms with van der Waals surface area (Å²) in [7, 11) is 0. The fraction of sp³-hybridized carbons (Fsp3) is 0.263. The molecule has 0 fully saturated rings. The van der Waals surface area contributed by atoms with Gasteiger partial charge in [0, 0.05) is 16.9 Å². The van der Waals surface area contributed by atoms with Crippen molar-refractivity contribution in [2.75, 3.05) is 10.6 Å². The Labute approximate surface area is 136 Å². The third-order valence-electron chi connectivity index (χ3n) is 3.67. The van der Waals surface area contributed by atoms with Crippen LogP contribution < -0.4 is 10.6 Å². The molecular formula is C19H22N2O2. The van der Waals surface area contributed by atoms with Crippen molar-refractivity contribution >= 4 is 23.1 Å². The van der Waals surface area contributed by atoms with E-state index in [1.54, 1.807) is 24.3 Å². The van der Waals surface area contributed by atoms with Gasteiger partial charge in [0.15, 0.2) is 5.78 Å². The molecule has 0 bridgehead atoms. The fourth-order valence-corrected chi connectivity index (χ4v) is 2.24. The standard InChI is InChI=1S/C19H22N2O2/c1-4-15-6-5-7-18(12-15)20-13(2)19(23)21-17-10-8-16(9-11-17)14(3)22/h5-13,20H,4H2,1-3H3,(H,21,23)/t13-/m0/s1. The molecule has 0 saturated heterocycles. The number of ketones is 1. The Morgan fingerprint density at radius 3 is 2.35 bits per heavy atom. The number of anilines is 2. The number of aryl methyl sites for hydroxylation is 1. The normalized spacial score (nSPS) is 11.6. The highest BCUT2D eigenvalue weighted by Crippen LogP contribution is 2.14. The molecule has 4 nitrogen and oxygen atoms in total. The van der Waals surface area contributed by atoms with Crippen LogP contribution in [-0.2, 0) is 11.2 Å². The lowest BCUT2D eigenvalue weighted by atomic mass is 10.1. The van der Waals surface area contributed by atoms with Crippen molar-refractivity contribution in [3.05, 3.63) is 59.7 Å². The highest BCUT2D eigenvalue weighted by Gasteiger charge is 2.13. The van der Waals surface area contributed by atoms with Crippen LogP contribution in [0.15, 0.2) is 48.5 Å². The molecule has 120 valence electrons. The molecule has 0 aliphatic heterocycles. The number of nitrogens with one attached hydrogen (secondary N) is 2. The summed E-state index contributed by atoms with van der Waals surface area (Å²) in [5.41, 5.74) is 3.46. The number of benzene rings is 2. The first-order valence-corrected chi connectivity index (χ1v) is 7.77. The van der Waals surface area contributed by atoms with Gasteiger partial charge in [-0.3, -0.25) is 9.59 Å². The van der Waals surface area contributed by atoms with E-state index in [1.807, 2.05) is 25.1 Å². The van der Waals surface area contributed by atoms with E-state index in [2.05, 4.69) is 23.6 Å². The molecular weight excluding hydrogens is 288 g/mol. The molecule has 4 heteroatoms. The Hall–Kier alpha value is -2.62. The smallest absolute Gasteiger partial charge is 0.246 e. The first-order valence-electron chi connectivity index (χ1n) is 7.77. The number of Topliss-reactive ketones (excluding diaryl/α,β-unsaturated/α-hetero) is 1. The second kappa shape index (κ2) is 7.58. The van der Waals surface area contributed by atoms with Crippen molar-refractivity contribution in [3.63, 3.8) is 0 Å². The van der Waals surface area contributed by atoms with Crippen LogP contribution in [0.25, 0.3) is 0 Å². The predicted molar refractivity (Wildman–Crippen MR) is 94.0 cm³/mol. The summed E-state index contributed by atoms with van der Waals surface area (Å²) in [4.78, 5) is 23.5. The topological polar surface area (TPSA) is 58.2 Å². The Bertz CT molecular complexity index is 693. The van der Waals surface area contributed by atoms with Crippen LogP contribution in [0, 0.1) is 0 Å². The molecule has 0 aromatic heterocycles. The first-order chi connectivity index (χ1) is 11.0. The summed E-state index contributed by atoms with van der Waals surface area (Å²) in [5.74, 6) is -0.115. The molecule has 2 aromatic rings. The molecule has 1 atom stereocenters. The van der Waals surface area contributed by atoms with Crippen molar-refractivity contribution in [1.29, 1.82) is 0 Å². The average Bonchev–Trinajstić information content (AvgIpc) is 2.55. The Kier molecular flexibility index (Phi) is 5.52. The summed E-state index contributed by atoms with van der Waals surface area (Å²) >= 11 is 0. The summed E-state index contributed by atoms with van der Waals surface area (Å²) in [5, 5.41) is 6.04. The summed E-state index contributed by atoms with van der Waals surface area (Å²) < 4.78 is 0. The van der Waals surface area contributed by atoms with Gasteiger partial charge >= 0.3 is 0 Å². The number of carbonyl (C=O) groups excluding carboxylic acids is 2. The Morgan fingerprint density at radius 2 is 1.74 bits per heavy atom. The summed E-state index contributed by atoms with van der Waals surface area (Å²) in [6, 6.07) is 14.6. The fourth-order valence-electron chi connectivity index (χ4n) is 2.24. The number of hydrogen-bond donors (Lipinski definition) is 2. The van der Waals surface area contributed by atoms with Gasteiger partial charge in [-0.15, -0.1) is 0 Å². The molecule has 2 aromatic carbocycles.